The molecule has 0 bridgehead atoms. The maximum Gasteiger partial charge on any atom is 0.333 e. The Hall–Kier alpha value is -1.36. The van der Waals surface area contributed by atoms with Crippen molar-refractivity contribution in [2.45, 2.75) is 27.7 Å². The number of likely N-dealkylation sites (N-methyl/N-ethyl adjacent to an activating group) is 1. The first-order chi connectivity index (χ1) is 7.84. The fourth-order valence-electron chi connectivity index (χ4n) is 0.930. The maximum absolute atomic E-state index is 11.0. The maximum atomic E-state index is 11.0. The highest BCUT2D eigenvalue weighted by Crippen LogP contribution is 1.93. The van der Waals surface area contributed by atoms with E-state index in [1.54, 1.807) is 6.92 Å². The van der Waals surface area contributed by atoms with Crippen LogP contribution in [0.5, 0.6) is 0 Å². The minimum Gasteiger partial charge on any atom is -0.481 e. The van der Waals surface area contributed by atoms with Gasteiger partial charge in [-0.25, -0.2) is 4.79 Å². The lowest BCUT2D eigenvalue weighted by atomic mass is 10.4. The first-order valence-electron chi connectivity index (χ1n) is 5.59. The topological polar surface area (TPSA) is 66.8 Å². The number of aliphatic carboxylic acids is 1. The Balaban J connectivity index is 0. The summed E-state index contributed by atoms with van der Waals surface area (Å²) in [6.07, 6.45) is 0. The van der Waals surface area contributed by atoms with Crippen molar-refractivity contribution in [2.75, 3.05) is 26.2 Å². The van der Waals surface area contributed by atoms with Gasteiger partial charge in [0.25, 0.3) is 5.97 Å². The molecule has 0 aromatic rings. The van der Waals surface area contributed by atoms with E-state index in [9.17, 15) is 4.79 Å². The summed E-state index contributed by atoms with van der Waals surface area (Å²) < 4.78 is 4.96. The number of esters is 1. The highest BCUT2D eigenvalue weighted by molar-refractivity contribution is 5.86. The predicted molar refractivity (Wildman–Crippen MR) is 66.9 cm³/mol. The van der Waals surface area contributed by atoms with E-state index in [-0.39, 0.29) is 5.97 Å². The molecule has 0 spiro atoms. The van der Waals surface area contributed by atoms with Crippen molar-refractivity contribution in [2.24, 2.45) is 0 Å². The molecule has 0 amide bonds. The number of hydrogen-bond acceptors (Lipinski definition) is 4. The number of carboxylic acids is 1. The zero-order valence-electron chi connectivity index (χ0n) is 11.2. The highest BCUT2D eigenvalue weighted by atomic mass is 16.5. The van der Waals surface area contributed by atoms with E-state index in [2.05, 4.69) is 25.3 Å². The van der Waals surface area contributed by atoms with E-state index >= 15 is 0 Å². The Bertz CT molecular complexity index is 243. The predicted octanol–water partition coefficient (Wildman–Crippen LogP) is 1.54. The van der Waals surface area contributed by atoms with Gasteiger partial charge in [0.2, 0.25) is 0 Å². The van der Waals surface area contributed by atoms with Crippen LogP contribution in [0.3, 0.4) is 0 Å². The van der Waals surface area contributed by atoms with E-state index in [4.69, 9.17) is 14.6 Å². The van der Waals surface area contributed by atoms with Crippen LogP contribution >= 0.6 is 0 Å². The van der Waals surface area contributed by atoms with Crippen LogP contribution in [0.25, 0.3) is 0 Å². The number of carbonyl (C=O) groups is 2. The second kappa shape index (κ2) is 11.1. The largest absolute Gasteiger partial charge is 0.481 e. The number of nitrogens with zero attached hydrogens (tertiary/aromatic N) is 1. The molecule has 0 unspecified atom stereocenters. The van der Waals surface area contributed by atoms with Crippen molar-refractivity contribution in [3.63, 3.8) is 0 Å². The van der Waals surface area contributed by atoms with Crippen LogP contribution in [0.4, 0.5) is 0 Å². The van der Waals surface area contributed by atoms with Gasteiger partial charge in [0.05, 0.1) is 0 Å². The van der Waals surface area contributed by atoms with E-state index in [1.165, 1.54) is 0 Å². The van der Waals surface area contributed by atoms with Gasteiger partial charge in [0.15, 0.2) is 0 Å². The summed E-state index contributed by atoms with van der Waals surface area (Å²) in [5, 5.41) is 7.42. The lowest BCUT2D eigenvalue weighted by Gasteiger charge is -2.17. The average molecular weight is 245 g/mol. The summed E-state index contributed by atoms with van der Waals surface area (Å²) in [7, 11) is 0. The lowest BCUT2D eigenvalue weighted by molar-refractivity contribution is -0.139. The van der Waals surface area contributed by atoms with Crippen molar-refractivity contribution >= 4 is 11.9 Å². The molecule has 1 N–H and O–H groups in total. The van der Waals surface area contributed by atoms with Crippen LogP contribution in [0, 0.1) is 0 Å². The molecule has 0 aliphatic carbocycles. The van der Waals surface area contributed by atoms with Gasteiger partial charge in [-0.2, -0.15) is 0 Å². The summed E-state index contributed by atoms with van der Waals surface area (Å²) in [5.41, 5.74) is 0.458. The molecule has 0 aromatic carbocycles. The quantitative estimate of drug-likeness (QED) is 0.568. The van der Waals surface area contributed by atoms with Crippen LogP contribution in [0.15, 0.2) is 12.2 Å². The molecule has 0 aliphatic heterocycles. The van der Waals surface area contributed by atoms with Gasteiger partial charge in [0, 0.05) is 19.0 Å². The molecule has 0 fully saturated rings. The van der Waals surface area contributed by atoms with Crippen molar-refractivity contribution < 1.29 is 19.4 Å². The molecule has 5 heteroatoms. The zero-order chi connectivity index (χ0) is 13.8. The minimum absolute atomic E-state index is 0.299. The molecule has 0 aliphatic rings. The standard InChI is InChI=1S/C10H19NO2.C2H4O2/c1-5-11(6-2)7-8-13-10(12)9(3)4;1-2(3)4/h3,5-8H2,1-2,4H3;1H3,(H,3,4). The average Bonchev–Trinajstić information content (AvgIpc) is 2.23. The number of carboxylic acid groups (broad SMARTS) is 1. The van der Waals surface area contributed by atoms with Gasteiger partial charge in [0.1, 0.15) is 6.61 Å². The van der Waals surface area contributed by atoms with Crippen molar-refractivity contribution in [1.82, 2.24) is 4.90 Å². The molecule has 17 heavy (non-hydrogen) atoms. The van der Waals surface area contributed by atoms with Gasteiger partial charge in [-0.3, -0.25) is 4.79 Å². The minimum atomic E-state index is -0.833. The van der Waals surface area contributed by atoms with Crippen LogP contribution < -0.4 is 0 Å². The Labute approximate surface area is 103 Å². The number of hydrogen-bond donors (Lipinski definition) is 1. The molecule has 5 nitrogen and oxygen atoms in total. The van der Waals surface area contributed by atoms with Crippen LogP contribution in [0.1, 0.15) is 27.7 Å². The zero-order valence-corrected chi connectivity index (χ0v) is 11.2. The fraction of sp³-hybridized carbons (Fsp3) is 0.667. The molecule has 0 saturated carbocycles. The monoisotopic (exact) mass is 245 g/mol. The van der Waals surface area contributed by atoms with E-state index in [1.807, 2.05) is 0 Å². The molecule has 0 aromatic heterocycles. The third-order valence-corrected chi connectivity index (χ3v) is 1.88. The first-order valence-corrected chi connectivity index (χ1v) is 5.59. The van der Waals surface area contributed by atoms with Gasteiger partial charge in [-0.1, -0.05) is 20.4 Å². The second-order valence-electron chi connectivity index (χ2n) is 3.46. The molecule has 100 valence electrons. The number of carbonyl (C=O) groups excluding carboxylic acids is 1. The fourth-order valence-corrected chi connectivity index (χ4v) is 0.930. The highest BCUT2D eigenvalue weighted by Gasteiger charge is 2.04. The SMILES string of the molecule is C=C(C)C(=O)OCCN(CC)CC.CC(=O)O. The van der Waals surface area contributed by atoms with E-state index < -0.39 is 5.97 Å². The van der Waals surface area contributed by atoms with Gasteiger partial charge < -0.3 is 14.7 Å². The Kier molecular flexibility index (Phi) is 11.8. The molecule has 0 rings (SSSR count). The Morgan fingerprint density at radius 2 is 1.65 bits per heavy atom. The number of ether oxygens (including phenoxy) is 1. The molecule has 0 radical (unpaired) electrons. The number of rotatable bonds is 6. The van der Waals surface area contributed by atoms with Crippen LogP contribution in [0.2, 0.25) is 0 Å². The van der Waals surface area contributed by atoms with Gasteiger partial charge in [-0.15, -0.1) is 0 Å². The summed E-state index contributed by atoms with van der Waals surface area (Å²) in [6, 6.07) is 0. The van der Waals surface area contributed by atoms with Crippen molar-refractivity contribution in [3.05, 3.63) is 12.2 Å². The third-order valence-electron chi connectivity index (χ3n) is 1.88. The second-order valence-corrected chi connectivity index (χ2v) is 3.46. The molecule has 0 heterocycles. The lowest BCUT2D eigenvalue weighted by Crippen LogP contribution is -2.27. The molecular formula is C12H23NO4. The Morgan fingerprint density at radius 3 is 1.94 bits per heavy atom. The van der Waals surface area contributed by atoms with E-state index in [0.29, 0.717) is 12.2 Å². The molecule has 0 atom stereocenters. The van der Waals surface area contributed by atoms with Crippen LogP contribution in [-0.2, 0) is 14.3 Å². The summed E-state index contributed by atoms with van der Waals surface area (Å²) in [6.45, 7) is 13.6. The summed E-state index contributed by atoms with van der Waals surface area (Å²) >= 11 is 0. The van der Waals surface area contributed by atoms with E-state index in [0.717, 1.165) is 26.6 Å². The Morgan fingerprint density at radius 1 is 1.24 bits per heavy atom. The van der Waals surface area contributed by atoms with Crippen LogP contribution in [-0.4, -0.2) is 48.2 Å². The summed E-state index contributed by atoms with van der Waals surface area (Å²) in [5.74, 6) is -1.13. The smallest absolute Gasteiger partial charge is 0.333 e. The van der Waals surface area contributed by atoms with Crippen molar-refractivity contribution in [1.29, 1.82) is 0 Å². The van der Waals surface area contributed by atoms with Gasteiger partial charge >= 0.3 is 5.97 Å². The van der Waals surface area contributed by atoms with Gasteiger partial charge in [-0.05, 0) is 20.0 Å². The first kappa shape index (κ1) is 18.0. The van der Waals surface area contributed by atoms with Crippen molar-refractivity contribution in [3.8, 4) is 0 Å². The normalized spacial score (nSPS) is 9.24. The molecular weight excluding hydrogens is 222 g/mol. The molecule has 0 saturated heterocycles. The third kappa shape index (κ3) is 14.6. The summed E-state index contributed by atoms with van der Waals surface area (Å²) in [4.78, 5) is 22.2.